The van der Waals surface area contributed by atoms with E-state index in [4.69, 9.17) is 9.47 Å². The summed E-state index contributed by atoms with van der Waals surface area (Å²) in [5, 5.41) is 0. The summed E-state index contributed by atoms with van der Waals surface area (Å²) in [6.45, 7) is 6.56. The number of carbonyl (C=O) groups excluding carboxylic acids is 1. The second-order valence-electron chi connectivity index (χ2n) is 3.77. The van der Waals surface area contributed by atoms with Crippen molar-refractivity contribution in [2.45, 2.75) is 27.2 Å². The Morgan fingerprint density at radius 2 is 1.94 bits per heavy atom. The lowest BCUT2D eigenvalue weighted by Crippen LogP contribution is -2.06. The molecule has 0 aliphatic rings. The van der Waals surface area contributed by atoms with Crippen molar-refractivity contribution < 1.29 is 14.3 Å². The normalized spacial score (nSPS) is 10.0. The van der Waals surface area contributed by atoms with E-state index < -0.39 is 0 Å². The minimum absolute atomic E-state index is 0.303. The van der Waals surface area contributed by atoms with Crippen LogP contribution in [0.2, 0.25) is 0 Å². The molecule has 0 bridgehead atoms. The van der Waals surface area contributed by atoms with Crippen LogP contribution < -0.4 is 4.74 Å². The third-order valence-electron chi connectivity index (χ3n) is 2.39. The molecule has 0 saturated carbocycles. The first kappa shape index (κ1) is 12.6. The first-order valence-corrected chi connectivity index (χ1v) is 5.42. The van der Waals surface area contributed by atoms with Gasteiger partial charge in [-0.05, 0) is 43.5 Å². The van der Waals surface area contributed by atoms with E-state index in [-0.39, 0.29) is 5.97 Å². The predicted molar refractivity (Wildman–Crippen MR) is 63.0 cm³/mol. The number of benzene rings is 1. The van der Waals surface area contributed by atoms with Gasteiger partial charge in [-0.25, -0.2) is 4.79 Å². The average Bonchev–Trinajstić information content (AvgIpc) is 2.28. The Kier molecular flexibility index (Phi) is 4.35. The number of carbonyl (C=O) groups is 1. The van der Waals surface area contributed by atoms with E-state index in [2.05, 4.69) is 6.92 Å². The number of hydrogen-bond donors (Lipinski definition) is 0. The van der Waals surface area contributed by atoms with E-state index in [9.17, 15) is 4.79 Å². The Morgan fingerprint density at radius 1 is 1.25 bits per heavy atom. The van der Waals surface area contributed by atoms with Gasteiger partial charge in [0.15, 0.2) is 0 Å². The molecule has 0 aliphatic carbocycles. The molecular weight excluding hydrogens is 204 g/mol. The number of esters is 1. The zero-order valence-electron chi connectivity index (χ0n) is 10.3. The van der Waals surface area contributed by atoms with Gasteiger partial charge in [-0.15, -0.1) is 0 Å². The molecule has 3 nitrogen and oxygen atoms in total. The molecule has 88 valence electrons. The standard InChI is InChI=1S/C13H18O3/c1-5-6-16-12-8-9(2)11(7-10(12)3)13(14)15-4/h7-8H,5-6H2,1-4H3. The fourth-order valence-corrected chi connectivity index (χ4v) is 1.49. The molecule has 0 N–H and O–H groups in total. The van der Waals surface area contributed by atoms with E-state index >= 15 is 0 Å². The molecule has 0 aromatic heterocycles. The SMILES string of the molecule is CCCOc1cc(C)c(C(=O)OC)cc1C. The molecule has 0 radical (unpaired) electrons. The van der Waals surface area contributed by atoms with Crippen LogP contribution in [0, 0.1) is 13.8 Å². The van der Waals surface area contributed by atoms with Gasteiger partial charge in [-0.2, -0.15) is 0 Å². The van der Waals surface area contributed by atoms with Crippen molar-refractivity contribution in [3.8, 4) is 5.75 Å². The number of hydrogen-bond acceptors (Lipinski definition) is 3. The molecule has 1 rings (SSSR count). The van der Waals surface area contributed by atoms with Crippen LogP contribution in [0.5, 0.6) is 5.75 Å². The van der Waals surface area contributed by atoms with E-state index in [1.165, 1.54) is 7.11 Å². The maximum absolute atomic E-state index is 11.4. The molecule has 0 saturated heterocycles. The molecule has 0 amide bonds. The highest BCUT2D eigenvalue weighted by Crippen LogP contribution is 2.23. The average molecular weight is 222 g/mol. The fourth-order valence-electron chi connectivity index (χ4n) is 1.49. The minimum atomic E-state index is -0.303. The second-order valence-corrected chi connectivity index (χ2v) is 3.77. The van der Waals surface area contributed by atoms with E-state index in [1.54, 1.807) is 0 Å². The van der Waals surface area contributed by atoms with Gasteiger partial charge in [-0.3, -0.25) is 0 Å². The van der Waals surface area contributed by atoms with Gasteiger partial charge in [-0.1, -0.05) is 6.92 Å². The van der Waals surface area contributed by atoms with Crippen molar-refractivity contribution in [3.63, 3.8) is 0 Å². The molecule has 0 atom stereocenters. The lowest BCUT2D eigenvalue weighted by atomic mass is 10.0. The van der Waals surface area contributed by atoms with Crippen LogP contribution in [-0.4, -0.2) is 19.7 Å². The van der Waals surface area contributed by atoms with Crippen molar-refractivity contribution in [1.82, 2.24) is 0 Å². The quantitative estimate of drug-likeness (QED) is 0.735. The van der Waals surface area contributed by atoms with Crippen LogP contribution in [-0.2, 0) is 4.74 Å². The summed E-state index contributed by atoms with van der Waals surface area (Å²) in [4.78, 5) is 11.4. The topological polar surface area (TPSA) is 35.5 Å². The molecule has 0 unspecified atom stereocenters. The molecule has 16 heavy (non-hydrogen) atoms. The molecule has 0 fully saturated rings. The number of aryl methyl sites for hydroxylation is 2. The molecule has 0 heterocycles. The van der Waals surface area contributed by atoms with Crippen LogP contribution in [0.3, 0.4) is 0 Å². The van der Waals surface area contributed by atoms with Crippen LogP contribution in [0.15, 0.2) is 12.1 Å². The lowest BCUT2D eigenvalue weighted by Gasteiger charge is -2.11. The summed E-state index contributed by atoms with van der Waals surface area (Å²) in [6, 6.07) is 3.70. The Balaban J connectivity index is 3.02. The van der Waals surface area contributed by atoms with Crippen molar-refractivity contribution >= 4 is 5.97 Å². The molecule has 3 heteroatoms. The number of rotatable bonds is 4. The van der Waals surface area contributed by atoms with Crippen molar-refractivity contribution in [2.75, 3.05) is 13.7 Å². The zero-order valence-corrected chi connectivity index (χ0v) is 10.3. The summed E-state index contributed by atoms with van der Waals surface area (Å²) in [5.41, 5.74) is 2.44. The third kappa shape index (κ3) is 2.75. The maximum Gasteiger partial charge on any atom is 0.338 e. The molecule has 0 aliphatic heterocycles. The Labute approximate surface area is 96.4 Å². The second kappa shape index (κ2) is 5.54. The van der Waals surface area contributed by atoms with Crippen LogP contribution in [0.1, 0.15) is 34.8 Å². The minimum Gasteiger partial charge on any atom is -0.493 e. The Morgan fingerprint density at radius 3 is 2.50 bits per heavy atom. The van der Waals surface area contributed by atoms with Gasteiger partial charge in [0.25, 0.3) is 0 Å². The molecular formula is C13H18O3. The van der Waals surface area contributed by atoms with E-state index in [0.717, 1.165) is 23.3 Å². The Bertz CT molecular complexity index is 383. The summed E-state index contributed by atoms with van der Waals surface area (Å²) in [5.74, 6) is 0.537. The summed E-state index contributed by atoms with van der Waals surface area (Å²) >= 11 is 0. The summed E-state index contributed by atoms with van der Waals surface area (Å²) < 4.78 is 10.3. The summed E-state index contributed by atoms with van der Waals surface area (Å²) in [7, 11) is 1.39. The van der Waals surface area contributed by atoms with Crippen molar-refractivity contribution in [2.24, 2.45) is 0 Å². The number of methoxy groups -OCH3 is 1. The third-order valence-corrected chi connectivity index (χ3v) is 2.39. The van der Waals surface area contributed by atoms with E-state index in [1.807, 2.05) is 26.0 Å². The van der Waals surface area contributed by atoms with Gasteiger partial charge >= 0.3 is 5.97 Å². The van der Waals surface area contributed by atoms with Gasteiger partial charge in [0.05, 0.1) is 19.3 Å². The highest BCUT2D eigenvalue weighted by molar-refractivity contribution is 5.91. The molecule has 1 aromatic carbocycles. The van der Waals surface area contributed by atoms with Crippen LogP contribution in [0.4, 0.5) is 0 Å². The lowest BCUT2D eigenvalue weighted by molar-refractivity contribution is 0.0599. The largest absolute Gasteiger partial charge is 0.493 e. The van der Waals surface area contributed by atoms with Crippen LogP contribution in [0.25, 0.3) is 0 Å². The van der Waals surface area contributed by atoms with Gasteiger partial charge in [0.2, 0.25) is 0 Å². The number of ether oxygens (including phenoxy) is 2. The monoisotopic (exact) mass is 222 g/mol. The van der Waals surface area contributed by atoms with Gasteiger partial charge in [0.1, 0.15) is 5.75 Å². The molecule has 1 aromatic rings. The van der Waals surface area contributed by atoms with Crippen LogP contribution >= 0.6 is 0 Å². The fraction of sp³-hybridized carbons (Fsp3) is 0.462. The van der Waals surface area contributed by atoms with Crippen molar-refractivity contribution in [3.05, 3.63) is 28.8 Å². The maximum atomic E-state index is 11.4. The van der Waals surface area contributed by atoms with Gasteiger partial charge < -0.3 is 9.47 Å². The Hall–Kier alpha value is -1.51. The smallest absolute Gasteiger partial charge is 0.338 e. The highest BCUT2D eigenvalue weighted by atomic mass is 16.5. The van der Waals surface area contributed by atoms with E-state index in [0.29, 0.717) is 12.2 Å². The first-order chi connectivity index (χ1) is 7.60. The zero-order chi connectivity index (χ0) is 12.1. The molecule has 0 spiro atoms. The predicted octanol–water partition coefficient (Wildman–Crippen LogP) is 2.88. The van der Waals surface area contributed by atoms with Crippen molar-refractivity contribution in [1.29, 1.82) is 0 Å². The highest BCUT2D eigenvalue weighted by Gasteiger charge is 2.12. The summed E-state index contributed by atoms with van der Waals surface area (Å²) in [6.07, 6.45) is 0.969. The first-order valence-electron chi connectivity index (χ1n) is 5.42. The van der Waals surface area contributed by atoms with Gasteiger partial charge in [0, 0.05) is 0 Å².